The molecule has 0 aliphatic carbocycles. The minimum Gasteiger partial charge on any atom is -0.303 e. The first-order chi connectivity index (χ1) is 9.43. The van der Waals surface area contributed by atoms with Crippen molar-refractivity contribution in [3.8, 4) is 0 Å². The highest BCUT2D eigenvalue weighted by molar-refractivity contribution is 5.35. The van der Waals surface area contributed by atoms with E-state index in [0.717, 1.165) is 30.8 Å². The van der Waals surface area contributed by atoms with Gasteiger partial charge in [0, 0.05) is 31.2 Å². The van der Waals surface area contributed by atoms with Gasteiger partial charge in [-0.3, -0.25) is 16.2 Å². The summed E-state index contributed by atoms with van der Waals surface area (Å²) in [7, 11) is 4.16. The van der Waals surface area contributed by atoms with Crippen molar-refractivity contribution in [3.05, 3.63) is 34.6 Å². The van der Waals surface area contributed by atoms with Crippen LogP contribution in [-0.4, -0.2) is 49.6 Å². The maximum atomic E-state index is 14.4. The van der Waals surface area contributed by atoms with E-state index in [4.69, 9.17) is 5.84 Å². The van der Waals surface area contributed by atoms with Crippen LogP contribution in [0.25, 0.3) is 0 Å². The van der Waals surface area contributed by atoms with E-state index < -0.39 is 0 Å². The fourth-order valence-corrected chi connectivity index (χ4v) is 3.11. The summed E-state index contributed by atoms with van der Waals surface area (Å²) in [4.78, 5) is 4.51. The van der Waals surface area contributed by atoms with Crippen LogP contribution in [0.4, 0.5) is 4.39 Å². The van der Waals surface area contributed by atoms with Crippen molar-refractivity contribution in [3.63, 3.8) is 0 Å². The van der Waals surface area contributed by atoms with Crippen LogP contribution in [0.15, 0.2) is 12.1 Å². The average Bonchev–Trinajstić information content (AvgIpc) is 2.37. The van der Waals surface area contributed by atoms with Crippen LogP contribution in [0.3, 0.4) is 0 Å². The van der Waals surface area contributed by atoms with Crippen LogP contribution in [0.1, 0.15) is 22.7 Å². The number of piperazine rings is 1. The van der Waals surface area contributed by atoms with Crippen molar-refractivity contribution < 1.29 is 4.39 Å². The van der Waals surface area contributed by atoms with Gasteiger partial charge in [-0.15, -0.1) is 0 Å². The fourth-order valence-electron chi connectivity index (χ4n) is 3.11. The van der Waals surface area contributed by atoms with E-state index in [2.05, 4.69) is 29.3 Å². The molecule has 1 aromatic rings. The highest BCUT2D eigenvalue weighted by Gasteiger charge is 2.32. The number of hydrogen-bond acceptors (Lipinski definition) is 4. The normalized spacial score (nSPS) is 23.0. The Morgan fingerprint density at radius 3 is 2.60 bits per heavy atom. The van der Waals surface area contributed by atoms with E-state index in [9.17, 15) is 4.39 Å². The first-order valence-corrected chi connectivity index (χ1v) is 7.05. The molecule has 2 atom stereocenters. The lowest BCUT2D eigenvalue weighted by Gasteiger charge is -2.42. The standard InChI is InChI=1S/C15H25FN4/c1-10-7-11(2)14(12(16)8-10)15(18-17)13-9-19(3)5-6-20(13)4/h7-8,13,15,18H,5-6,9,17H2,1-4H3. The summed E-state index contributed by atoms with van der Waals surface area (Å²) >= 11 is 0. The fraction of sp³-hybridized carbons (Fsp3) is 0.600. The Bertz CT molecular complexity index is 454. The summed E-state index contributed by atoms with van der Waals surface area (Å²) in [5, 5.41) is 0. The molecule has 0 radical (unpaired) electrons. The number of benzene rings is 1. The second-order valence-electron chi connectivity index (χ2n) is 5.93. The molecule has 0 spiro atoms. The minimum absolute atomic E-state index is 0.162. The molecule has 1 fully saturated rings. The molecule has 0 amide bonds. The van der Waals surface area contributed by atoms with Gasteiger partial charge in [0.15, 0.2) is 0 Å². The molecule has 0 aromatic heterocycles. The predicted octanol–water partition coefficient (Wildman–Crippen LogP) is 1.19. The van der Waals surface area contributed by atoms with Gasteiger partial charge in [-0.25, -0.2) is 4.39 Å². The zero-order chi connectivity index (χ0) is 14.9. The molecule has 1 aliphatic rings. The van der Waals surface area contributed by atoms with Crippen LogP contribution in [0, 0.1) is 19.7 Å². The van der Waals surface area contributed by atoms with Gasteiger partial charge in [0.1, 0.15) is 5.82 Å². The van der Waals surface area contributed by atoms with E-state index in [0.29, 0.717) is 5.56 Å². The molecule has 3 N–H and O–H groups in total. The Morgan fingerprint density at radius 1 is 1.30 bits per heavy atom. The van der Waals surface area contributed by atoms with Crippen LogP contribution in [0.2, 0.25) is 0 Å². The van der Waals surface area contributed by atoms with Gasteiger partial charge in [-0.2, -0.15) is 0 Å². The smallest absolute Gasteiger partial charge is 0.128 e. The maximum Gasteiger partial charge on any atom is 0.128 e. The van der Waals surface area contributed by atoms with E-state index in [1.165, 1.54) is 0 Å². The van der Waals surface area contributed by atoms with Crippen molar-refractivity contribution in [1.29, 1.82) is 0 Å². The Morgan fingerprint density at radius 2 is 2.00 bits per heavy atom. The van der Waals surface area contributed by atoms with Gasteiger partial charge >= 0.3 is 0 Å². The monoisotopic (exact) mass is 280 g/mol. The Labute approximate surface area is 120 Å². The van der Waals surface area contributed by atoms with E-state index >= 15 is 0 Å². The molecule has 1 saturated heterocycles. The molecule has 20 heavy (non-hydrogen) atoms. The first-order valence-electron chi connectivity index (χ1n) is 7.05. The molecule has 1 aromatic carbocycles. The zero-order valence-corrected chi connectivity index (χ0v) is 12.8. The SMILES string of the molecule is Cc1cc(C)c(C(NN)C2CN(C)CCN2C)c(F)c1. The lowest BCUT2D eigenvalue weighted by molar-refractivity contribution is 0.0865. The average molecular weight is 280 g/mol. The van der Waals surface area contributed by atoms with Crippen molar-refractivity contribution >= 4 is 0 Å². The van der Waals surface area contributed by atoms with Gasteiger partial charge in [-0.1, -0.05) is 6.07 Å². The lowest BCUT2D eigenvalue weighted by Crippen LogP contribution is -2.56. The number of aryl methyl sites for hydroxylation is 2. The minimum atomic E-state index is -0.205. The Kier molecular flexibility index (Phi) is 4.75. The number of hydrazine groups is 1. The van der Waals surface area contributed by atoms with Gasteiger partial charge in [0.25, 0.3) is 0 Å². The second kappa shape index (κ2) is 6.18. The number of nitrogens with two attached hydrogens (primary N) is 1. The topological polar surface area (TPSA) is 44.5 Å². The number of hydrogen-bond donors (Lipinski definition) is 2. The number of likely N-dealkylation sites (N-methyl/N-ethyl adjacent to an activating group) is 2. The quantitative estimate of drug-likeness (QED) is 0.645. The van der Waals surface area contributed by atoms with Crippen LogP contribution in [0.5, 0.6) is 0 Å². The summed E-state index contributed by atoms with van der Waals surface area (Å²) in [6.45, 7) is 6.72. The summed E-state index contributed by atoms with van der Waals surface area (Å²) in [6, 6.07) is 3.55. The van der Waals surface area contributed by atoms with Crippen LogP contribution < -0.4 is 11.3 Å². The predicted molar refractivity (Wildman–Crippen MR) is 79.9 cm³/mol. The van der Waals surface area contributed by atoms with Crippen molar-refractivity contribution in [1.82, 2.24) is 15.2 Å². The van der Waals surface area contributed by atoms with Gasteiger partial charge in [0.2, 0.25) is 0 Å². The van der Waals surface area contributed by atoms with Gasteiger partial charge in [-0.05, 0) is 45.1 Å². The van der Waals surface area contributed by atoms with Crippen LogP contribution >= 0.6 is 0 Å². The molecule has 2 rings (SSSR count). The summed E-state index contributed by atoms with van der Waals surface area (Å²) in [5.41, 5.74) is 5.41. The van der Waals surface area contributed by atoms with E-state index in [1.54, 1.807) is 6.07 Å². The first kappa shape index (κ1) is 15.4. The highest BCUT2D eigenvalue weighted by Crippen LogP contribution is 2.28. The molecule has 112 valence electrons. The third kappa shape index (κ3) is 3.01. The number of nitrogens with one attached hydrogen (secondary N) is 1. The van der Waals surface area contributed by atoms with Crippen molar-refractivity contribution in [2.45, 2.75) is 25.9 Å². The Hall–Kier alpha value is -1.01. The highest BCUT2D eigenvalue weighted by atomic mass is 19.1. The molecule has 5 heteroatoms. The second-order valence-corrected chi connectivity index (χ2v) is 5.93. The number of rotatable bonds is 3. The zero-order valence-electron chi connectivity index (χ0n) is 12.8. The van der Waals surface area contributed by atoms with Gasteiger partial charge < -0.3 is 4.90 Å². The molecule has 0 saturated carbocycles. The molecule has 1 aliphatic heterocycles. The Balaban J connectivity index is 2.37. The largest absolute Gasteiger partial charge is 0.303 e. The molecular weight excluding hydrogens is 255 g/mol. The van der Waals surface area contributed by atoms with Crippen molar-refractivity contribution in [2.75, 3.05) is 33.7 Å². The molecule has 4 nitrogen and oxygen atoms in total. The third-order valence-electron chi connectivity index (χ3n) is 4.26. The third-order valence-corrected chi connectivity index (χ3v) is 4.26. The number of halogens is 1. The maximum absolute atomic E-state index is 14.4. The molecule has 2 unspecified atom stereocenters. The summed E-state index contributed by atoms with van der Waals surface area (Å²) in [6.07, 6.45) is 0. The van der Waals surface area contributed by atoms with Gasteiger partial charge in [0.05, 0.1) is 6.04 Å². The van der Waals surface area contributed by atoms with Crippen LogP contribution in [-0.2, 0) is 0 Å². The summed E-state index contributed by atoms with van der Waals surface area (Å²) in [5.74, 6) is 5.58. The molecule has 1 heterocycles. The lowest BCUT2D eigenvalue weighted by atomic mass is 9.92. The number of nitrogens with zero attached hydrogens (tertiary/aromatic N) is 2. The molecule has 0 bridgehead atoms. The van der Waals surface area contributed by atoms with E-state index in [1.807, 2.05) is 19.9 Å². The molecular formula is C15H25FN4. The van der Waals surface area contributed by atoms with Crippen molar-refractivity contribution in [2.24, 2.45) is 5.84 Å². The van der Waals surface area contributed by atoms with E-state index in [-0.39, 0.29) is 17.9 Å². The summed E-state index contributed by atoms with van der Waals surface area (Å²) < 4.78 is 14.4.